The molecule has 2 heterocycles. The number of rotatable bonds is 2. The largest absolute Gasteiger partial charge is 0.267 e. The van der Waals surface area contributed by atoms with E-state index in [1.165, 1.54) is 5.56 Å². The van der Waals surface area contributed by atoms with Gasteiger partial charge in [-0.25, -0.2) is 5.01 Å². The molecule has 0 aromatic carbocycles. The Hall–Kier alpha value is -0.580. The topological polar surface area (TPSA) is 42.2 Å². The molecular weight excluding hydrogens is 194 g/mol. The molecule has 0 spiro atoms. The van der Waals surface area contributed by atoms with Crippen molar-refractivity contribution in [2.45, 2.75) is 24.8 Å². The van der Waals surface area contributed by atoms with Gasteiger partial charge in [-0.1, -0.05) is 6.92 Å². The molecule has 1 fully saturated rings. The number of pyridine rings is 1. The van der Waals surface area contributed by atoms with Crippen LogP contribution in [0.2, 0.25) is 0 Å². The van der Waals surface area contributed by atoms with Crippen molar-refractivity contribution >= 4 is 11.8 Å². The van der Waals surface area contributed by atoms with Crippen molar-refractivity contribution in [3.8, 4) is 0 Å². The van der Waals surface area contributed by atoms with Crippen LogP contribution < -0.4 is 5.84 Å². The monoisotopic (exact) mass is 209 g/mol. The summed E-state index contributed by atoms with van der Waals surface area (Å²) < 4.78 is 0. The number of thioether (sulfide) groups is 1. The highest BCUT2D eigenvalue weighted by Gasteiger charge is 2.31. The summed E-state index contributed by atoms with van der Waals surface area (Å²) >= 11 is 1.91. The predicted molar refractivity (Wildman–Crippen MR) is 59.5 cm³/mol. The van der Waals surface area contributed by atoms with Crippen LogP contribution in [0.5, 0.6) is 0 Å². The van der Waals surface area contributed by atoms with Gasteiger partial charge in [0, 0.05) is 24.2 Å². The van der Waals surface area contributed by atoms with Crippen LogP contribution in [0.25, 0.3) is 0 Å². The second-order valence-corrected chi connectivity index (χ2v) is 4.59. The molecule has 2 atom stereocenters. The van der Waals surface area contributed by atoms with E-state index in [9.17, 15) is 0 Å². The van der Waals surface area contributed by atoms with Crippen molar-refractivity contribution < 1.29 is 0 Å². The predicted octanol–water partition coefficient (Wildman–Crippen LogP) is 1.78. The lowest BCUT2D eigenvalue weighted by Crippen LogP contribution is -2.38. The van der Waals surface area contributed by atoms with Gasteiger partial charge in [0.1, 0.15) is 0 Å². The van der Waals surface area contributed by atoms with E-state index >= 15 is 0 Å². The van der Waals surface area contributed by atoms with Gasteiger partial charge in [0.25, 0.3) is 0 Å². The zero-order valence-electron chi connectivity index (χ0n) is 8.26. The van der Waals surface area contributed by atoms with E-state index in [1.54, 1.807) is 0 Å². The smallest absolute Gasteiger partial charge is 0.0949 e. The molecule has 0 amide bonds. The molecule has 1 aromatic heterocycles. The molecule has 0 radical (unpaired) electrons. The third kappa shape index (κ3) is 1.78. The van der Waals surface area contributed by atoms with Gasteiger partial charge in [-0.3, -0.25) is 10.8 Å². The van der Waals surface area contributed by atoms with Gasteiger partial charge >= 0.3 is 0 Å². The second-order valence-electron chi connectivity index (χ2n) is 3.48. The first-order valence-electron chi connectivity index (χ1n) is 4.87. The number of hydrazine groups is 1. The Morgan fingerprint density at radius 2 is 2.29 bits per heavy atom. The zero-order valence-corrected chi connectivity index (χ0v) is 9.07. The van der Waals surface area contributed by atoms with Gasteiger partial charge in [-0.2, -0.15) is 0 Å². The minimum Gasteiger partial charge on any atom is -0.267 e. The number of aromatic nitrogens is 1. The SMILES string of the molecule is CC[C@@H]1CSC(c2ccncc2)N1N. The van der Waals surface area contributed by atoms with Crippen molar-refractivity contribution in [2.24, 2.45) is 5.84 Å². The minimum absolute atomic E-state index is 0.308. The summed E-state index contributed by atoms with van der Waals surface area (Å²) in [5.74, 6) is 7.18. The third-order valence-corrected chi connectivity index (χ3v) is 4.01. The summed E-state index contributed by atoms with van der Waals surface area (Å²) in [6, 6.07) is 4.59. The molecule has 14 heavy (non-hydrogen) atoms. The summed E-state index contributed by atoms with van der Waals surface area (Å²) in [7, 11) is 0. The molecule has 76 valence electrons. The van der Waals surface area contributed by atoms with Crippen molar-refractivity contribution in [3.05, 3.63) is 30.1 Å². The Balaban J connectivity index is 2.14. The molecule has 0 aliphatic carbocycles. The first-order valence-corrected chi connectivity index (χ1v) is 5.92. The number of nitrogens with zero attached hydrogens (tertiary/aromatic N) is 2. The molecular formula is C10H15N3S. The van der Waals surface area contributed by atoms with Crippen molar-refractivity contribution in [2.75, 3.05) is 5.75 Å². The summed E-state index contributed by atoms with van der Waals surface area (Å²) in [5, 5.41) is 2.28. The van der Waals surface area contributed by atoms with Gasteiger partial charge in [0.05, 0.1) is 5.37 Å². The summed E-state index contributed by atoms with van der Waals surface area (Å²) in [6.45, 7) is 2.18. The summed E-state index contributed by atoms with van der Waals surface area (Å²) in [4.78, 5) is 4.01. The van der Waals surface area contributed by atoms with Crippen LogP contribution in [-0.4, -0.2) is 21.8 Å². The summed E-state index contributed by atoms with van der Waals surface area (Å²) in [5.41, 5.74) is 1.25. The van der Waals surface area contributed by atoms with Crippen LogP contribution in [0.15, 0.2) is 24.5 Å². The molecule has 1 saturated heterocycles. The van der Waals surface area contributed by atoms with Crippen LogP contribution in [0, 0.1) is 0 Å². The maximum absolute atomic E-state index is 6.06. The minimum atomic E-state index is 0.308. The van der Waals surface area contributed by atoms with Crippen LogP contribution in [0.4, 0.5) is 0 Å². The molecule has 1 aliphatic heterocycles. The molecule has 1 aromatic rings. The van der Waals surface area contributed by atoms with Gasteiger partial charge in [0.15, 0.2) is 0 Å². The van der Waals surface area contributed by atoms with Crippen LogP contribution in [0.1, 0.15) is 24.3 Å². The van der Waals surface area contributed by atoms with E-state index in [4.69, 9.17) is 5.84 Å². The average Bonchev–Trinajstić information content (AvgIpc) is 2.61. The second kappa shape index (κ2) is 4.29. The Labute approximate surface area is 88.7 Å². The Kier molecular flexibility index (Phi) is 3.05. The van der Waals surface area contributed by atoms with E-state index in [1.807, 2.05) is 41.3 Å². The van der Waals surface area contributed by atoms with Gasteiger partial charge in [-0.05, 0) is 24.1 Å². The molecule has 1 unspecified atom stereocenters. The fraction of sp³-hybridized carbons (Fsp3) is 0.500. The lowest BCUT2D eigenvalue weighted by Gasteiger charge is -2.23. The van der Waals surface area contributed by atoms with E-state index in [0.29, 0.717) is 11.4 Å². The third-order valence-electron chi connectivity index (χ3n) is 2.60. The molecule has 1 aliphatic rings. The van der Waals surface area contributed by atoms with Crippen LogP contribution in [0.3, 0.4) is 0 Å². The Morgan fingerprint density at radius 1 is 1.57 bits per heavy atom. The number of hydrogen-bond acceptors (Lipinski definition) is 4. The normalized spacial score (nSPS) is 28.1. The van der Waals surface area contributed by atoms with E-state index in [-0.39, 0.29) is 0 Å². The van der Waals surface area contributed by atoms with Gasteiger partial charge in [0.2, 0.25) is 0 Å². The number of hydrogen-bond donors (Lipinski definition) is 1. The zero-order chi connectivity index (χ0) is 9.97. The molecule has 0 bridgehead atoms. The first-order chi connectivity index (χ1) is 6.83. The van der Waals surface area contributed by atoms with Crippen molar-refractivity contribution in [1.82, 2.24) is 9.99 Å². The standard InChI is InChI=1S/C10H15N3S/c1-2-9-7-14-10(13(9)11)8-3-5-12-6-4-8/h3-6,9-10H,2,7,11H2,1H3/t9-,10?/m1/s1. The quantitative estimate of drug-likeness (QED) is 0.754. The number of nitrogens with two attached hydrogens (primary N) is 1. The van der Waals surface area contributed by atoms with Crippen molar-refractivity contribution in [3.63, 3.8) is 0 Å². The Morgan fingerprint density at radius 3 is 2.86 bits per heavy atom. The fourth-order valence-electron chi connectivity index (χ4n) is 1.69. The molecule has 3 nitrogen and oxygen atoms in total. The van der Waals surface area contributed by atoms with Crippen molar-refractivity contribution in [1.29, 1.82) is 0 Å². The highest BCUT2D eigenvalue weighted by molar-refractivity contribution is 7.99. The summed E-state index contributed by atoms with van der Waals surface area (Å²) in [6.07, 6.45) is 4.76. The molecule has 2 N–H and O–H groups in total. The van der Waals surface area contributed by atoms with E-state index in [0.717, 1.165) is 12.2 Å². The molecule has 0 saturated carbocycles. The van der Waals surface area contributed by atoms with E-state index in [2.05, 4.69) is 11.9 Å². The molecule has 2 rings (SSSR count). The van der Waals surface area contributed by atoms with Crippen LogP contribution >= 0.6 is 11.8 Å². The molecule has 4 heteroatoms. The maximum atomic E-state index is 6.06. The highest BCUT2D eigenvalue weighted by atomic mass is 32.2. The van der Waals surface area contributed by atoms with Gasteiger partial charge in [-0.15, -0.1) is 11.8 Å². The van der Waals surface area contributed by atoms with Crippen LogP contribution in [-0.2, 0) is 0 Å². The lowest BCUT2D eigenvalue weighted by molar-refractivity contribution is 0.215. The van der Waals surface area contributed by atoms with E-state index < -0.39 is 0 Å². The lowest BCUT2D eigenvalue weighted by atomic mass is 10.2. The first kappa shape index (κ1) is 9.96. The Bertz CT molecular complexity index is 291. The highest BCUT2D eigenvalue weighted by Crippen LogP contribution is 2.39. The maximum Gasteiger partial charge on any atom is 0.0949 e. The fourth-order valence-corrected chi connectivity index (χ4v) is 3.20. The average molecular weight is 209 g/mol. The van der Waals surface area contributed by atoms with Gasteiger partial charge < -0.3 is 0 Å².